The molecular weight excluding hydrogens is 240 g/mol. The Morgan fingerprint density at radius 1 is 1.22 bits per heavy atom. The molecule has 0 saturated heterocycles. The predicted molar refractivity (Wildman–Crippen MR) is 79.4 cm³/mol. The average molecular weight is 260 g/mol. The number of nitrogens with one attached hydrogen (secondary N) is 1. The van der Waals surface area contributed by atoms with E-state index >= 15 is 0 Å². The third kappa shape index (κ3) is 2.91. The number of thiazole rings is 1. The third-order valence-corrected chi connectivity index (χ3v) is 4.26. The van der Waals surface area contributed by atoms with Crippen LogP contribution in [0.2, 0.25) is 0 Å². The first kappa shape index (κ1) is 13.1. The second-order valence-corrected chi connectivity index (χ2v) is 5.82. The van der Waals surface area contributed by atoms with Crippen LogP contribution in [0.15, 0.2) is 24.3 Å². The molecule has 0 amide bonds. The number of hydrogen-bond donors (Lipinski definition) is 1. The molecule has 1 heterocycles. The van der Waals surface area contributed by atoms with Crippen molar-refractivity contribution in [2.24, 2.45) is 0 Å². The number of rotatable bonds is 4. The largest absolute Gasteiger partial charge is 0.355 e. The molecule has 2 rings (SSSR count). The van der Waals surface area contributed by atoms with Crippen molar-refractivity contribution in [3.8, 4) is 0 Å². The second kappa shape index (κ2) is 5.53. The van der Waals surface area contributed by atoms with Crippen LogP contribution in [0.5, 0.6) is 0 Å². The van der Waals surface area contributed by atoms with Gasteiger partial charge in [-0.2, -0.15) is 0 Å². The van der Waals surface area contributed by atoms with Crippen LogP contribution in [0.1, 0.15) is 41.6 Å². The highest BCUT2D eigenvalue weighted by Gasteiger charge is 2.09. The highest BCUT2D eigenvalue weighted by molar-refractivity contribution is 7.15. The molecule has 3 heteroatoms. The summed E-state index contributed by atoms with van der Waals surface area (Å²) in [7, 11) is 0. The number of benzene rings is 1. The molecule has 0 bridgehead atoms. The predicted octanol–water partition coefficient (Wildman–Crippen LogP) is 4.50. The van der Waals surface area contributed by atoms with E-state index < -0.39 is 0 Å². The normalized spacial score (nSPS) is 12.4. The summed E-state index contributed by atoms with van der Waals surface area (Å²) in [4.78, 5) is 5.80. The summed E-state index contributed by atoms with van der Waals surface area (Å²) < 4.78 is 0. The SMILES string of the molecule is CCc1ccc(C(C)Nc2nc(C)c(C)s2)cc1. The van der Waals surface area contributed by atoms with Crippen molar-refractivity contribution in [3.05, 3.63) is 46.0 Å². The molecule has 0 aliphatic rings. The Labute approximate surface area is 113 Å². The lowest BCUT2D eigenvalue weighted by Gasteiger charge is -2.13. The number of anilines is 1. The monoisotopic (exact) mass is 260 g/mol. The number of hydrogen-bond acceptors (Lipinski definition) is 3. The van der Waals surface area contributed by atoms with Crippen LogP contribution in [0.4, 0.5) is 5.13 Å². The molecule has 1 atom stereocenters. The number of nitrogens with zero attached hydrogens (tertiary/aromatic N) is 1. The Hall–Kier alpha value is -1.35. The lowest BCUT2D eigenvalue weighted by atomic mass is 10.1. The molecule has 2 nitrogen and oxygen atoms in total. The van der Waals surface area contributed by atoms with E-state index in [0.29, 0.717) is 6.04 Å². The van der Waals surface area contributed by atoms with Gasteiger partial charge in [-0.25, -0.2) is 4.98 Å². The Morgan fingerprint density at radius 3 is 2.39 bits per heavy atom. The van der Waals surface area contributed by atoms with Gasteiger partial charge in [-0.15, -0.1) is 11.3 Å². The van der Waals surface area contributed by atoms with Gasteiger partial charge < -0.3 is 5.32 Å². The topological polar surface area (TPSA) is 24.9 Å². The van der Waals surface area contributed by atoms with Gasteiger partial charge in [-0.05, 0) is 38.3 Å². The summed E-state index contributed by atoms with van der Waals surface area (Å²) in [6.45, 7) is 8.52. The average Bonchev–Trinajstić information content (AvgIpc) is 2.68. The van der Waals surface area contributed by atoms with Crippen LogP contribution >= 0.6 is 11.3 Å². The summed E-state index contributed by atoms with van der Waals surface area (Å²) in [6, 6.07) is 9.09. The van der Waals surface area contributed by atoms with Gasteiger partial charge in [0.1, 0.15) is 0 Å². The van der Waals surface area contributed by atoms with Crippen molar-refractivity contribution in [2.75, 3.05) is 5.32 Å². The van der Waals surface area contributed by atoms with Crippen LogP contribution < -0.4 is 5.32 Å². The lowest BCUT2D eigenvalue weighted by Crippen LogP contribution is -2.06. The second-order valence-electron chi connectivity index (χ2n) is 4.62. The van der Waals surface area contributed by atoms with E-state index in [1.54, 1.807) is 11.3 Å². The van der Waals surface area contributed by atoms with E-state index in [-0.39, 0.29) is 0 Å². The van der Waals surface area contributed by atoms with E-state index in [1.807, 2.05) is 0 Å². The zero-order chi connectivity index (χ0) is 13.1. The molecule has 96 valence electrons. The summed E-state index contributed by atoms with van der Waals surface area (Å²) in [6.07, 6.45) is 1.09. The molecule has 1 unspecified atom stereocenters. The molecule has 0 spiro atoms. The van der Waals surface area contributed by atoms with E-state index in [1.165, 1.54) is 16.0 Å². The molecule has 0 radical (unpaired) electrons. The van der Waals surface area contributed by atoms with Gasteiger partial charge in [-0.3, -0.25) is 0 Å². The first-order chi connectivity index (χ1) is 8.60. The Morgan fingerprint density at radius 2 is 1.89 bits per heavy atom. The quantitative estimate of drug-likeness (QED) is 0.875. The van der Waals surface area contributed by atoms with E-state index in [4.69, 9.17) is 0 Å². The molecule has 0 fully saturated rings. The van der Waals surface area contributed by atoms with Gasteiger partial charge in [0.2, 0.25) is 0 Å². The molecular formula is C15H20N2S. The van der Waals surface area contributed by atoms with Crippen LogP contribution in [0, 0.1) is 13.8 Å². The van der Waals surface area contributed by atoms with Crippen molar-refractivity contribution in [1.29, 1.82) is 0 Å². The molecule has 0 aliphatic carbocycles. The highest BCUT2D eigenvalue weighted by atomic mass is 32.1. The van der Waals surface area contributed by atoms with Crippen LogP contribution in [-0.2, 0) is 6.42 Å². The molecule has 18 heavy (non-hydrogen) atoms. The smallest absolute Gasteiger partial charge is 0.183 e. The van der Waals surface area contributed by atoms with E-state index in [0.717, 1.165) is 17.2 Å². The fourth-order valence-corrected chi connectivity index (χ4v) is 2.75. The van der Waals surface area contributed by atoms with Gasteiger partial charge in [0.25, 0.3) is 0 Å². The lowest BCUT2D eigenvalue weighted by molar-refractivity contribution is 0.878. The molecule has 2 aromatic rings. The van der Waals surface area contributed by atoms with Gasteiger partial charge in [0.15, 0.2) is 5.13 Å². The van der Waals surface area contributed by atoms with E-state index in [9.17, 15) is 0 Å². The third-order valence-electron chi connectivity index (χ3n) is 3.26. The highest BCUT2D eigenvalue weighted by Crippen LogP contribution is 2.25. The molecule has 0 aliphatic heterocycles. The van der Waals surface area contributed by atoms with Crippen LogP contribution in [0.3, 0.4) is 0 Å². The maximum absolute atomic E-state index is 4.52. The maximum atomic E-state index is 4.52. The minimum Gasteiger partial charge on any atom is -0.355 e. The first-order valence-corrected chi connectivity index (χ1v) is 7.21. The Kier molecular flexibility index (Phi) is 4.02. The van der Waals surface area contributed by atoms with Crippen molar-refractivity contribution >= 4 is 16.5 Å². The maximum Gasteiger partial charge on any atom is 0.183 e. The zero-order valence-corrected chi connectivity index (χ0v) is 12.3. The molecule has 1 aromatic heterocycles. The minimum atomic E-state index is 0.292. The van der Waals surface area contributed by atoms with Crippen LogP contribution in [0.25, 0.3) is 0 Å². The van der Waals surface area contributed by atoms with Gasteiger partial charge in [0, 0.05) is 4.88 Å². The standard InChI is InChI=1S/C15H20N2S/c1-5-13-6-8-14(9-7-13)11(3)17-15-16-10(2)12(4)18-15/h6-9,11H,5H2,1-4H3,(H,16,17). The van der Waals surface area contributed by atoms with Crippen LogP contribution in [-0.4, -0.2) is 4.98 Å². The summed E-state index contributed by atoms with van der Waals surface area (Å²) >= 11 is 1.72. The Bertz CT molecular complexity index is 494. The fraction of sp³-hybridized carbons (Fsp3) is 0.400. The molecule has 1 aromatic carbocycles. The van der Waals surface area contributed by atoms with Crippen molar-refractivity contribution < 1.29 is 0 Å². The molecule has 0 saturated carbocycles. The summed E-state index contributed by atoms with van der Waals surface area (Å²) in [5.41, 5.74) is 3.81. The van der Waals surface area contributed by atoms with Crippen molar-refractivity contribution in [3.63, 3.8) is 0 Å². The van der Waals surface area contributed by atoms with Gasteiger partial charge in [0.05, 0.1) is 11.7 Å². The van der Waals surface area contributed by atoms with Gasteiger partial charge in [-0.1, -0.05) is 31.2 Å². The van der Waals surface area contributed by atoms with E-state index in [2.05, 4.69) is 62.3 Å². The fourth-order valence-electron chi connectivity index (χ4n) is 1.85. The summed E-state index contributed by atoms with van der Waals surface area (Å²) in [5, 5.41) is 4.48. The van der Waals surface area contributed by atoms with Gasteiger partial charge >= 0.3 is 0 Å². The first-order valence-electron chi connectivity index (χ1n) is 6.39. The van der Waals surface area contributed by atoms with Crippen molar-refractivity contribution in [1.82, 2.24) is 4.98 Å². The molecule has 1 N–H and O–H groups in total. The summed E-state index contributed by atoms with van der Waals surface area (Å²) in [5.74, 6) is 0. The number of aryl methyl sites for hydroxylation is 3. The minimum absolute atomic E-state index is 0.292. The number of aromatic nitrogens is 1. The van der Waals surface area contributed by atoms with Crippen molar-refractivity contribution in [2.45, 2.75) is 40.2 Å². The zero-order valence-electron chi connectivity index (χ0n) is 11.4. The Balaban J connectivity index is 2.08.